The van der Waals surface area contributed by atoms with Crippen molar-refractivity contribution in [3.8, 4) is 44.5 Å². The number of esters is 2. The average Bonchev–Trinajstić information content (AvgIpc) is 2.18. The molecule has 8 aromatic rings. The van der Waals surface area contributed by atoms with Crippen LogP contribution in [0.15, 0.2) is 194 Å². The number of fused-ring (bicyclic) bond motifs is 12. The summed E-state index contributed by atoms with van der Waals surface area (Å²) in [6.07, 6.45) is -1.70. The summed E-state index contributed by atoms with van der Waals surface area (Å²) in [6, 6.07) is 61.2. The molecule has 0 fully saturated rings. The number of ether oxygens (including phenoxy) is 5. The van der Waals surface area contributed by atoms with Gasteiger partial charge in [0.25, 0.3) is 0 Å². The summed E-state index contributed by atoms with van der Waals surface area (Å²) in [5.74, 6) is -2.91. The van der Waals surface area contributed by atoms with Crippen molar-refractivity contribution in [3.05, 3.63) is 239 Å². The summed E-state index contributed by atoms with van der Waals surface area (Å²) < 4.78 is 28.7. The van der Waals surface area contributed by atoms with E-state index in [-0.39, 0.29) is 76.0 Å². The largest absolute Gasteiger partial charge is 0.449 e. The lowest BCUT2D eigenvalue weighted by molar-refractivity contribution is -0.162. The molecule has 15 nitrogen and oxygen atoms in total. The number of rotatable bonds is 22. The number of unbranched alkanes of at least 4 members (excludes halogenated alkanes) is 2. The summed E-state index contributed by atoms with van der Waals surface area (Å²) in [5, 5.41) is 10.9. The molecule has 440 valence electrons. The summed E-state index contributed by atoms with van der Waals surface area (Å²) in [5.41, 5.74) is 17.0. The van der Waals surface area contributed by atoms with Crippen LogP contribution in [0.5, 0.6) is 0 Å². The zero-order chi connectivity index (χ0) is 59.6. The Labute approximate surface area is 504 Å². The fraction of sp³-hybridized carbons (Fsp3) is 0.250. The standard InChI is InChI=1S/C72H66N4O11/c77-67(65(75-71(81)85-43-63-57-33-13-5-25-49(57)50-26-6-14-34-58(50)63)37-17-19-39-73-69(79)83-41-61-53-29-9-1-21-45(53)46-22-2-10-30-54(46)61)87-68(78)66(76-72(82)86-44-64-59-35-15-7-27-51(59)52-28-8-16-36-60(52)64)38-18-20-40-74-70(80)84-42-62-55-31-11-3-23-47(55)48-24-4-12-32-56(48)62/h1-16,21-36,61-66H,17-20,37-44H2,(H,73,79)(H,74,80)(H,75,81)(H,76,82)/t65-,66-/m0/s1. The van der Waals surface area contributed by atoms with Gasteiger partial charge in [-0.25, -0.2) is 28.8 Å². The van der Waals surface area contributed by atoms with Crippen molar-refractivity contribution in [1.82, 2.24) is 21.3 Å². The Kier molecular flexibility index (Phi) is 17.5. The van der Waals surface area contributed by atoms with E-state index >= 15 is 0 Å². The molecule has 0 spiro atoms. The van der Waals surface area contributed by atoms with E-state index in [2.05, 4.69) is 45.5 Å². The number of hydrogen-bond donors (Lipinski definition) is 4. The molecule has 0 saturated heterocycles. The van der Waals surface area contributed by atoms with Gasteiger partial charge in [0.1, 0.15) is 38.5 Å². The molecule has 4 aliphatic rings. The van der Waals surface area contributed by atoms with Crippen molar-refractivity contribution in [1.29, 1.82) is 0 Å². The van der Waals surface area contributed by atoms with Crippen LogP contribution in [-0.4, -0.2) is 87.9 Å². The second-order valence-electron chi connectivity index (χ2n) is 22.3. The van der Waals surface area contributed by atoms with Crippen LogP contribution < -0.4 is 21.3 Å². The molecule has 0 heterocycles. The maximum Gasteiger partial charge on any atom is 0.407 e. The maximum atomic E-state index is 14.3. The minimum atomic E-state index is -1.38. The van der Waals surface area contributed by atoms with Gasteiger partial charge in [0, 0.05) is 36.8 Å². The third-order valence-corrected chi connectivity index (χ3v) is 17.1. The molecule has 2 atom stereocenters. The lowest BCUT2D eigenvalue weighted by atomic mass is 9.98. The smallest absolute Gasteiger partial charge is 0.407 e. The van der Waals surface area contributed by atoms with Gasteiger partial charge in [0.15, 0.2) is 0 Å². The van der Waals surface area contributed by atoms with Gasteiger partial charge in [0.05, 0.1) is 0 Å². The Balaban J connectivity index is 0.687. The van der Waals surface area contributed by atoms with E-state index in [1.807, 2.05) is 170 Å². The lowest BCUT2D eigenvalue weighted by Crippen LogP contribution is -2.47. The first-order valence-electron chi connectivity index (χ1n) is 29.8. The van der Waals surface area contributed by atoms with Gasteiger partial charge >= 0.3 is 36.3 Å². The molecule has 0 radical (unpaired) electrons. The van der Waals surface area contributed by atoms with Crippen LogP contribution in [0, 0.1) is 0 Å². The van der Waals surface area contributed by atoms with Gasteiger partial charge in [-0.05, 0) is 128 Å². The molecule has 0 saturated carbocycles. The van der Waals surface area contributed by atoms with Crippen LogP contribution in [0.2, 0.25) is 0 Å². The van der Waals surface area contributed by atoms with E-state index in [1.165, 1.54) is 0 Å². The van der Waals surface area contributed by atoms with Crippen LogP contribution >= 0.6 is 0 Å². The molecule has 8 aromatic carbocycles. The Bertz CT molecular complexity index is 3450. The van der Waals surface area contributed by atoms with Gasteiger partial charge < -0.3 is 45.0 Å². The Morgan fingerprint density at radius 3 is 0.759 bits per heavy atom. The highest BCUT2D eigenvalue weighted by Gasteiger charge is 2.35. The quantitative estimate of drug-likeness (QED) is 0.0218. The summed E-state index contributed by atoms with van der Waals surface area (Å²) >= 11 is 0. The Hall–Kier alpha value is -10.0. The highest BCUT2D eigenvalue weighted by molar-refractivity contribution is 5.94. The Morgan fingerprint density at radius 1 is 0.299 bits per heavy atom. The zero-order valence-electron chi connectivity index (χ0n) is 47.9. The number of hydrogen-bond acceptors (Lipinski definition) is 11. The molecular formula is C72H66N4O11. The molecule has 0 unspecified atom stereocenters. The average molecular weight is 1160 g/mol. The zero-order valence-corrected chi connectivity index (χ0v) is 47.9. The molecule has 0 aliphatic heterocycles. The summed E-state index contributed by atoms with van der Waals surface area (Å²) in [4.78, 5) is 82.3. The van der Waals surface area contributed by atoms with E-state index < -0.39 is 48.4 Å². The van der Waals surface area contributed by atoms with Crippen LogP contribution in [0.3, 0.4) is 0 Å². The fourth-order valence-corrected chi connectivity index (χ4v) is 12.9. The third-order valence-electron chi connectivity index (χ3n) is 17.1. The van der Waals surface area contributed by atoms with Gasteiger partial charge in [-0.2, -0.15) is 0 Å². The maximum absolute atomic E-state index is 14.3. The van der Waals surface area contributed by atoms with E-state index in [0.29, 0.717) is 25.7 Å². The second-order valence-corrected chi connectivity index (χ2v) is 22.3. The SMILES string of the molecule is O=C(NCCCC[C@H](NC(=O)OCC1c2ccccc2-c2ccccc21)C(=O)OC(=O)[C@H](CCCCNC(=O)OCC1c2ccccc2-c2ccccc21)NC(=O)OCC1c2ccccc2-c2ccccc21)OCC1c2ccccc2-c2ccccc21. The number of nitrogens with one attached hydrogen (secondary N) is 4. The minimum Gasteiger partial charge on any atom is -0.449 e. The highest BCUT2D eigenvalue weighted by Crippen LogP contribution is 2.48. The van der Waals surface area contributed by atoms with Crippen LogP contribution in [0.25, 0.3) is 44.5 Å². The van der Waals surface area contributed by atoms with Crippen LogP contribution in [0.4, 0.5) is 19.2 Å². The fourth-order valence-electron chi connectivity index (χ4n) is 12.9. The van der Waals surface area contributed by atoms with E-state index in [0.717, 1.165) is 89.0 Å². The van der Waals surface area contributed by atoms with Gasteiger partial charge in [-0.15, -0.1) is 0 Å². The lowest BCUT2D eigenvalue weighted by Gasteiger charge is -2.21. The molecule has 4 N–H and O–H groups in total. The molecule has 12 rings (SSSR count). The van der Waals surface area contributed by atoms with E-state index in [9.17, 15) is 28.8 Å². The first-order valence-corrected chi connectivity index (χ1v) is 29.8. The minimum absolute atomic E-state index is 0.00527. The molecular weight excluding hydrogens is 1100 g/mol. The predicted molar refractivity (Wildman–Crippen MR) is 329 cm³/mol. The van der Waals surface area contributed by atoms with Crippen LogP contribution in [-0.2, 0) is 33.3 Å². The predicted octanol–water partition coefficient (Wildman–Crippen LogP) is 13.3. The first kappa shape index (κ1) is 57.4. The molecule has 4 amide bonds. The monoisotopic (exact) mass is 1160 g/mol. The number of benzene rings is 8. The van der Waals surface area contributed by atoms with Gasteiger partial charge in [-0.1, -0.05) is 194 Å². The van der Waals surface area contributed by atoms with Crippen molar-refractivity contribution in [3.63, 3.8) is 0 Å². The third kappa shape index (κ3) is 12.6. The molecule has 87 heavy (non-hydrogen) atoms. The molecule has 15 heteroatoms. The van der Waals surface area contributed by atoms with E-state index in [1.54, 1.807) is 0 Å². The van der Waals surface area contributed by atoms with Crippen LogP contribution in [0.1, 0.15) is 107 Å². The first-order chi connectivity index (χ1) is 42.7. The van der Waals surface area contributed by atoms with E-state index in [4.69, 9.17) is 23.7 Å². The van der Waals surface area contributed by atoms with Crippen molar-refractivity contribution < 1.29 is 52.5 Å². The number of carbonyl (C=O) groups excluding carboxylic acids is 6. The Morgan fingerprint density at radius 2 is 0.517 bits per heavy atom. The molecule has 0 bridgehead atoms. The number of amides is 4. The number of alkyl carbamates (subject to hydrolysis) is 4. The number of carbonyl (C=O) groups is 6. The van der Waals surface area contributed by atoms with Crippen molar-refractivity contribution in [2.75, 3.05) is 39.5 Å². The summed E-state index contributed by atoms with van der Waals surface area (Å²) in [6.45, 7) is 0.581. The van der Waals surface area contributed by atoms with Gasteiger partial charge in [-0.3, -0.25) is 0 Å². The topological polar surface area (TPSA) is 197 Å². The van der Waals surface area contributed by atoms with Crippen molar-refractivity contribution in [2.45, 2.75) is 74.3 Å². The molecule has 4 aliphatic carbocycles. The van der Waals surface area contributed by atoms with Gasteiger partial charge in [0.2, 0.25) is 0 Å². The normalized spacial score (nSPS) is 13.8. The van der Waals surface area contributed by atoms with Crippen molar-refractivity contribution in [2.24, 2.45) is 0 Å². The summed E-state index contributed by atoms with van der Waals surface area (Å²) in [7, 11) is 0. The van der Waals surface area contributed by atoms with Crippen molar-refractivity contribution >= 4 is 36.3 Å². The molecule has 0 aromatic heterocycles. The highest BCUT2D eigenvalue weighted by atomic mass is 16.6. The second kappa shape index (κ2) is 26.5.